The molecule has 3 heterocycles. The number of amides is 2. The van der Waals surface area contributed by atoms with Crippen molar-refractivity contribution < 1.29 is 9.59 Å². The van der Waals surface area contributed by atoms with E-state index in [0.717, 1.165) is 22.5 Å². The summed E-state index contributed by atoms with van der Waals surface area (Å²) in [6, 6.07) is 11.1. The van der Waals surface area contributed by atoms with E-state index >= 15 is 0 Å². The molecule has 0 saturated carbocycles. The molecule has 4 rings (SSSR count). The van der Waals surface area contributed by atoms with Crippen molar-refractivity contribution in [2.45, 2.75) is 25.9 Å². The van der Waals surface area contributed by atoms with Gasteiger partial charge in [-0.1, -0.05) is 24.3 Å². The van der Waals surface area contributed by atoms with Gasteiger partial charge in [0.1, 0.15) is 5.65 Å². The minimum Gasteiger partial charge on any atom is -0.350 e. The number of benzene rings is 1. The number of fused-ring (bicyclic) bond motifs is 2. The van der Waals surface area contributed by atoms with Crippen molar-refractivity contribution in [3.8, 4) is 0 Å². The number of hydrogen-bond donors (Lipinski definition) is 2. The molecule has 0 aliphatic carbocycles. The second-order valence-corrected chi connectivity index (χ2v) is 6.23. The SMILES string of the molecule is Cc1cccn2c(CNC(=O)C[C@@H]3NC(=O)c4ccccc43)cnc12. The molecule has 0 spiro atoms. The average molecular weight is 334 g/mol. The van der Waals surface area contributed by atoms with Crippen LogP contribution in [0.4, 0.5) is 0 Å². The van der Waals surface area contributed by atoms with Gasteiger partial charge >= 0.3 is 0 Å². The molecule has 2 N–H and O–H groups in total. The third-order valence-electron chi connectivity index (χ3n) is 4.55. The monoisotopic (exact) mass is 334 g/mol. The maximum atomic E-state index is 12.3. The van der Waals surface area contributed by atoms with Crippen LogP contribution in [0.15, 0.2) is 48.8 Å². The van der Waals surface area contributed by atoms with Gasteiger partial charge in [0.15, 0.2) is 0 Å². The van der Waals surface area contributed by atoms with E-state index < -0.39 is 0 Å². The average Bonchev–Trinajstić information content (AvgIpc) is 3.16. The zero-order chi connectivity index (χ0) is 17.4. The Bertz CT molecular complexity index is 976. The molecular formula is C19H18N4O2. The summed E-state index contributed by atoms with van der Waals surface area (Å²) in [5.41, 5.74) is 4.43. The highest BCUT2D eigenvalue weighted by molar-refractivity contribution is 5.99. The lowest BCUT2D eigenvalue weighted by Gasteiger charge is -2.12. The van der Waals surface area contributed by atoms with E-state index in [-0.39, 0.29) is 24.3 Å². The van der Waals surface area contributed by atoms with Crippen LogP contribution in [0.2, 0.25) is 0 Å². The highest BCUT2D eigenvalue weighted by Gasteiger charge is 2.29. The molecule has 1 aliphatic rings. The van der Waals surface area contributed by atoms with E-state index in [1.54, 1.807) is 12.3 Å². The molecule has 1 aromatic carbocycles. The minimum absolute atomic E-state index is 0.107. The first-order valence-electron chi connectivity index (χ1n) is 8.21. The lowest BCUT2D eigenvalue weighted by molar-refractivity contribution is -0.121. The van der Waals surface area contributed by atoms with Crippen LogP contribution in [0.3, 0.4) is 0 Å². The molecule has 6 heteroatoms. The van der Waals surface area contributed by atoms with E-state index in [9.17, 15) is 9.59 Å². The van der Waals surface area contributed by atoms with Crippen molar-refractivity contribution in [2.24, 2.45) is 0 Å². The molecule has 1 atom stereocenters. The summed E-state index contributed by atoms with van der Waals surface area (Å²) in [6.07, 6.45) is 3.93. The predicted octanol–water partition coefficient (Wildman–Crippen LogP) is 2.13. The Kier molecular flexibility index (Phi) is 3.72. The molecule has 25 heavy (non-hydrogen) atoms. The Morgan fingerprint density at radius 2 is 2.12 bits per heavy atom. The van der Waals surface area contributed by atoms with E-state index in [4.69, 9.17) is 0 Å². The largest absolute Gasteiger partial charge is 0.350 e. The van der Waals surface area contributed by atoms with E-state index in [0.29, 0.717) is 12.1 Å². The number of pyridine rings is 1. The molecule has 1 aliphatic heterocycles. The van der Waals surface area contributed by atoms with Crippen molar-refractivity contribution in [3.63, 3.8) is 0 Å². The third-order valence-corrected chi connectivity index (χ3v) is 4.55. The van der Waals surface area contributed by atoms with Gasteiger partial charge < -0.3 is 15.0 Å². The fourth-order valence-corrected chi connectivity index (χ4v) is 3.26. The predicted molar refractivity (Wildman–Crippen MR) is 93.0 cm³/mol. The second-order valence-electron chi connectivity index (χ2n) is 6.23. The molecule has 3 aromatic rings. The topological polar surface area (TPSA) is 75.5 Å². The molecule has 0 unspecified atom stereocenters. The second kappa shape index (κ2) is 6.05. The van der Waals surface area contributed by atoms with Crippen LogP contribution in [0.25, 0.3) is 5.65 Å². The number of nitrogens with one attached hydrogen (secondary N) is 2. The molecule has 2 amide bonds. The Morgan fingerprint density at radius 1 is 1.28 bits per heavy atom. The maximum Gasteiger partial charge on any atom is 0.252 e. The quantitative estimate of drug-likeness (QED) is 0.767. The number of hydrogen-bond acceptors (Lipinski definition) is 3. The van der Waals surface area contributed by atoms with Crippen LogP contribution in [0, 0.1) is 6.92 Å². The number of rotatable bonds is 4. The van der Waals surface area contributed by atoms with Gasteiger partial charge in [-0.3, -0.25) is 9.59 Å². The Balaban J connectivity index is 1.43. The van der Waals surface area contributed by atoms with Crippen LogP contribution >= 0.6 is 0 Å². The number of carbonyl (C=O) groups is 2. The Labute approximate surface area is 144 Å². The smallest absolute Gasteiger partial charge is 0.252 e. The fraction of sp³-hybridized carbons (Fsp3) is 0.211. The molecule has 0 bridgehead atoms. The van der Waals surface area contributed by atoms with Crippen molar-refractivity contribution in [3.05, 3.63) is 71.2 Å². The van der Waals surface area contributed by atoms with Crippen molar-refractivity contribution >= 4 is 17.5 Å². The van der Waals surface area contributed by atoms with Gasteiger partial charge in [-0.15, -0.1) is 0 Å². The van der Waals surface area contributed by atoms with Crippen molar-refractivity contribution in [1.82, 2.24) is 20.0 Å². The lowest BCUT2D eigenvalue weighted by Crippen LogP contribution is -2.29. The molecule has 2 aromatic heterocycles. The summed E-state index contributed by atoms with van der Waals surface area (Å²) in [5, 5.41) is 5.78. The molecular weight excluding hydrogens is 316 g/mol. The lowest BCUT2D eigenvalue weighted by atomic mass is 10.0. The van der Waals surface area contributed by atoms with Crippen LogP contribution in [-0.2, 0) is 11.3 Å². The van der Waals surface area contributed by atoms with Gasteiger partial charge in [0.2, 0.25) is 5.91 Å². The minimum atomic E-state index is -0.270. The summed E-state index contributed by atoms with van der Waals surface area (Å²) in [5.74, 6) is -0.227. The van der Waals surface area contributed by atoms with E-state index in [1.807, 2.05) is 47.9 Å². The summed E-state index contributed by atoms with van der Waals surface area (Å²) in [6.45, 7) is 2.40. The highest BCUT2D eigenvalue weighted by atomic mass is 16.2. The summed E-state index contributed by atoms with van der Waals surface area (Å²) < 4.78 is 1.97. The van der Waals surface area contributed by atoms with Gasteiger partial charge in [0.05, 0.1) is 30.9 Å². The molecule has 0 saturated heterocycles. The van der Waals surface area contributed by atoms with Gasteiger partial charge in [-0.05, 0) is 30.2 Å². The number of aryl methyl sites for hydroxylation is 1. The normalized spacial score (nSPS) is 15.9. The summed E-state index contributed by atoms with van der Waals surface area (Å²) >= 11 is 0. The van der Waals surface area contributed by atoms with Crippen LogP contribution in [0.5, 0.6) is 0 Å². The fourth-order valence-electron chi connectivity index (χ4n) is 3.26. The number of aromatic nitrogens is 2. The van der Waals surface area contributed by atoms with Crippen LogP contribution < -0.4 is 10.6 Å². The molecule has 6 nitrogen and oxygen atoms in total. The Morgan fingerprint density at radius 3 is 3.00 bits per heavy atom. The first-order chi connectivity index (χ1) is 12.1. The van der Waals surface area contributed by atoms with E-state index in [1.165, 1.54) is 0 Å². The van der Waals surface area contributed by atoms with Gasteiger partial charge in [0, 0.05) is 11.8 Å². The van der Waals surface area contributed by atoms with E-state index in [2.05, 4.69) is 15.6 Å². The maximum absolute atomic E-state index is 12.3. The van der Waals surface area contributed by atoms with Gasteiger partial charge in [0.25, 0.3) is 5.91 Å². The zero-order valence-corrected chi connectivity index (χ0v) is 13.8. The summed E-state index contributed by atoms with van der Waals surface area (Å²) in [7, 11) is 0. The Hall–Kier alpha value is -3.15. The molecule has 126 valence electrons. The first-order valence-corrected chi connectivity index (χ1v) is 8.21. The molecule has 0 radical (unpaired) electrons. The first kappa shape index (κ1) is 15.4. The van der Waals surface area contributed by atoms with Crippen molar-refractivity contribution in [1.29, 1.82) is 0 Å². The van der Waals surface area contributed by atoms with Crippen LogP contribution in [0.1, 0.15) is 39.6 Å². The highest BCUT2D eigenvalue weighted by Crippen LogP contribution is 2.27. The standard InChI is InChI=1S/C19H18N4O2/c1-12-5-4-8-23-13(11-21-18(12)23)10-20-17(24)9-16-14-6-2-3-7-15(14)19(25)22-16/h2-8,11,16H,9-10H2,1H3,(H,20,24)(H,22,25)/t16-/m0/s1. The van der Waals surface area contributed by atoms with Gasteiger partial charge in [-0.2, -0.15) is 0 Å². The summed E-state index contributed by atoms with van der Waals surface area (Å²) in [4.78, 5) is 28.6. The third kappa shape index (κ3) is 2.76. The van der Waals surface area contributed by atoms with Crippen LogP contribution in [-0.4, -0.2) is 21.2 Å². The number of carbonyl (C=O) groups excluding carboxylic acids is 2. The van der Waals surface area contributed by atoms with Gasteiger partial charge in [-0.25, -0.2) is 4.98 Å². The number of imidazole rings is 1. The van der Waals surface area contributed by atoms with Crippen molar-refractivity contribution in [2.75, 3.05) is 0 Å². The zero-order valence-electron chi connectivity index (χ0n) is 13.8. The number of nitrogens with zero attached hydrogens (tertiary/aromatic N) is 2. The molecule has 0 fully saturated rings.